The predicted octanol–water partition coefficient (Wildman–Crippen LogP) is 6.11. The van der Waals surface area contributed by atoms with Crippen LogP contribution in [0, 0.1) is 41.5 Å². The van der Waals surface area contributed by atoms with E-state index in [2.05, 4.69) is 49.3 Å². The fourth-order valence-electron chi connectivity index (χ4n) is 6.40. The van der Waals surface area contributed by atoms with Gasteiger partial charge >= 0.3 is 5.97 Å². The molecular formula is C33H38N4O3. The first-order valence-corrected chi connectivity index (χ1v) is 14.0. The quantitative estimate of drug-likeness (QED) is 0.320. The second-order valence-electron chi connectivity index (χ2n) is 11.3. The van der Waals surface area contributed by atoms with Crippen LogP contribution in [0.15, 0.2) is 30.3 Å². The number of hydrogen-bond acceptors (Lipinski definition) is 4. The number of carbonyl (C=O) groups excluding carboxylic acids is 1. The Kier molecular flexibility index (Phi) is 7.25. The molecule has 5 rings (SSSR count). The standard InChI is InChI=1S/C33H38N4O3/c1-8-37-29-10-9-27(23(7)32(29)34-35-37)28(16-30(38)39)24-14-20(4)26-11-12-36(17-25(26)15-24)33(40)31-21(5)18(2)13-19(3)22(31)6/h9-10,13-15,28H,8,11-12,16-17H2,1-7H3,(H,38,39)/t28-/m0/s1. The van der Waals surface area contributed by atoms with Crippen molar-refractivity contribution in [2.24, 2.45) is 0 Å². The highest BCUT2D eigenvalue weighted by molar-refractivity contribution is 5.98. The lowest BCUT2D eigenvalue weighted by Gasteiger charge is -2.32. The van der Waals surface area contributed by atoms with Gasteiger partial charge in [0.2, 0.25) is 0 Å². The molecule has 40 heavy (non-hydrogen) atoms. The summed E-state index contributed by atoms with van der Waals surface area (Å²) in [7, 11) is 0. The molecule has 3 aromatic carbocycles. The van der Waals surface area contributed by atoms with Gasteiger partial charge in [0.15, 0.2) is 0 Å². The van der Waals surface area contributed by atoms with Crippen LogP contribution in [-0.2, 0) is 24.3 Å². The summed E-state index contributed by atoms with van der Waals surface area (Å²) >= 11 is 0. The Bertz CT molecular complexity index is 1640. The average Bonchev–Trinajstić information content (AvgIpc) is 3.35. The minimum Gasteiger partial charge on any atom is -0.481 e. The Morgan fingerprint density at radius 3 is 2.30 bits per heavy atom. The number of carboxylic acid groups (broad SMARTS) is 1. The molecule has 2 heterocycles. The lowest BCUT2D eigenvalue weighted by atomic mass is 9.82. The lowest BCUT2D eigenvalue weighted by molar-refractivity contribution is -0.137. The lowest BCUT2D eigenvalue weighted by Crippen LogP contribution is -2.37. The van der Waals surface area contributed by atoms with Gasteiger partial charge in [-0.1, -0.05) is 29.5 Å². The summed E-state index contributed by atoms with van der Waals surface area (Å²) in [4.78, 5) is 27.9. The van der Waals surface area contributed by atoms with Gasteiger partial charge in [-0.25, -0.2) is 4.68 Å². The van der Waals surface area contributed by atoms with Crippen LogP contribution in [0.25, 0.3) is 11.0 Å². The molecule has 4 aromatic rings. The van der Waals surface area contributed by atoms with E-state index in [0.29, 0.717) is 19.6 Å². The van der Waals surface area contributed by atoms with Crippen LogP contribution in [0.2, 0.25) is 0 Å². The van der Waals surface area contributed by atoms with E-state index < -0.39 is 5.97 Å². The Labute approximate surface area is 235 Å². The van der Waals surface area contributed by atoms with Crippen molar-refractivity contribution >= 4 is 22.9 Å². The van der Waals surface area contributed by atoms with Gasteiger partial charge in [0.05, 0.1) is 11.9 Å². The summed E-state index contributed by atoms with van der Waals surface area (Å²) in [6.45, 7) is 16.2. The fourth-order valence-corrected chi connectivity index (χ4v) is 6.40. The molecule has 7 heteroatoms. The molecular weight excluding hydrogens is 500 g/mol. The van der Waals surface area contributed by atoms with Crippen molar-refractivity contribution in [3.8, 4) is 0 Å². The van der Waals surface area contributed by atoms with Gasteiger partial charge < -0.3 is 10.0 Å². The highest BCUT2D eigenvalue weighted by Gasteiger charge is 2.28. The van der Waals surface area contributed by atoms with E-state index >= 15 is 0 Å². The van der Waals surface area contributed by atoms with Crippen molar-refractivity contribution in [1.82, 2.24) is 19.9 Å². The minimum atomic E-state index is -0.852. The Morgan fingerprint density at radius 2 is 1.65 bits per heavy atom. The van der Waals surface area contributed by atoms with Crippen molar-refractivity contribution < 1.29 is 14.7 Å². The number of fused-ring (bicyclic) bond motifs is 2. The first-order chi connectivity index (χ1) is 19.0. The maximum Gasteiger partial charge on any atom is 0.304 e. The van der Waals surface area contributed by atoms with Crippen LogP contribution in [0.1, 0.15) is 85.3 Å². The summed E-state index contributed by atoms with van der Waals surface area (Å²) < 4.78 is 1.85. The predicted molar refractivity (Wildman–Crippen MR) is 157 cm³/mol. The Hall–Kier alpha value is -4.00. The van der Waals surface area contributed by atoms with Crippen LogP contribution >= 0.6 is 0 Å². The zero-order chi connectivity index (χ0) is 28.9. The largest absolute Gasteiger partial charge is 0.481 e. The number of aryl methyl sites for hydroxylation is 5. The fraction of sp³-hybridized carbons (Fsp3) is 0.394. The molecule has 1 aliphatic heterocycles. The van der Waals surface area contributed by atoms with Crippen molar-refractivity contribution in [3.63, 3.8) is 0 Å². The number of carbonyl (C=O) groups is 2. The van der Waals surface area contributed by atoms with E-state index in [1.54, 1.807) is 0 Å². The van der Waals surface area contributed by atoms with Crippen LogP contribution < -0.4 is 0 Å². The molecule has 0 aliphatic carbocycles. The molecule has 0 saturated carbocycles. The monoisotopic (exact) mass is 538 g/mol. The molecule has 1 atom stereocenters. The van der Waals surface area contributed by atoms with E-state index in [-0.39, 0.29) is 18.2 Å². The molecule has 208 valence electrons. The summed E-state index contributed by atoms with van der Waals surface area (Å²) in [5.41, 5.74) is 13.3. The molecule has 0 radical (unpaired) electrons. The van der Waals surface area contributed by atoms with Gasteiger partial charge in [0.1, 0.15) is 5.52 Å². The second-order valence-corrected chi connectivity index (χ2v) is 11.3. The van der Waals surface area contributed by atoms with Gasteiger partial charge in [0, 0.05) is 31.1 Å². The number of nitrogens with zero attached hydrogens (tertiary/aromatic N) is 4. The van der Waals surface area contributed by atoms with E-state index in [9.17, 15) is 14.7 Å². The van der Waals surface area contributed by atoms with Crippen molar-refractivity contribution in [3.05, 3.63) is 91.5 Å². The molecule has 0 saturated heterocycles. The van der Waals surface area contributed by atoms with Crippen molar-refractivity contribution in [2.45, 2.75) is 80.3 Å². The Morgan fingerprint density at radius 1 is 0.950 bits per heavy atom. The number of benzene rings is 3. The number of hydrogen-bond donors (Lipinski definition) is 1. The van der Waals surface area contributed by atoms with E-state index in [1.807, 2.05) is 49.4 Å². The third-order valence-electron chi connectivity index (χ3n) is 8.89. The van der Waals surface area contributed by atoms with Crippen LogP contribution in [0.3, 0.4) is 0 Å². The van der Waals surface area contributed by atoms with Crippen LogP contribution in [0.5, 0.6) is 0 Å². The zero-order valence-corrected chi connectivity index (χ0v) is 24.6. The average molecular weight is 539 g/mol. The molecule has 0 bridgehead atoms. The Balaban J connectivity index is 1.55. The van der Waals surface area contributed by atoms with E-state index in [4.69, 9.17) is 0 Å². The van der Waals surface area contributed by atoms with Gasteiger partial charge in [0.25, 0.3) is 5.91 Å². The first kappa shape index (κ1) is 27.6. The molecule has 1 aromatic heterocycles. The molecule has 1 amide bonds. The summed E-state index contributed by atoms with van der Waals surface area (Å²) in [6.07, 6.45) is 0.751. The number of aliphatic carboxylic acids is 1. The summed E-state index contributed by atoms with van der Waals surface area (Å²) in [5.74, 6) is -1.12. The zero-order valence-electron chi connectivity index (χ0n) is 24.6. The normalized spacial score (nSPS) is 13.9. The highest BCUT2D eigenvalue weighted by Crippen LogP contribution is 2.36. The molecule has 0 fully saturated rings. The number of rotatable bonds is 6. The molecule has 0 spiro atoms. The van der Waals surface area contributed by atoms with Gasteiger partial charge in [-0.05, 0) is 117 Å². The SMILES string of the molecule is CCn1nnc2c(C)c([C@@H](CC(=O)O)c3cc(C)c4c(c3)CN(C(=O)c3c(C)c(C)cc(C)c3C)CC4)ccc21. The first-order valence-electron chi connectivity index (χ1n) is 14.0. The number of carboxylic acids is 1. The van der Waals surface area contributed by atoms with Crippen LogP contribution in [0.4, 0.5) is 0 Å². The molecule has 0 unspecified atom stereocenters. The molecule has 7 nitrogen and oxygen atoms in total. The van der Waals surface area contributed by atoms with Crippen LogP contribution in [-0.4, -0.2) is 43.4 Å². The third-order valence-corrected chi connectivity index (χ3v) is 8.89. The van der Waals surface area contributed by atoms with Crippen molar-refractivity contribution in [1.29, 1.82) is 0 Å². The van der Waals surface area contributed by atoms with Crippen molar-refractivity contribution in [2.75, 3.05) is 6.54 Å². The summed E-state index contributed by atoms with van der Waals surface area (Å²) in [6, 6.07) is 10.4. The molecule has 1 aliphatic rings. The summed E-state index contributed by atoms with van der Waals surface area (Å²) in [5, 5.41) is 18.6. The third kappa shape index (κ3) is 4.67. The number of aromatic nitrogens is 3. The van der Waals surface area contributed by atoms with E-state index in [0.717, 1.165) is 73.1 Å². The van der Waals surface area contributed by atoms with Gasteiger partial charge in [-0.2, -0.15) is 0 Å². The molecule has 1 N–H and O–H groups in total. The number of amides is 1. The van der Waals surface area contributed by atoms with Gasteiger partial charge in [-0.15, -0.1) is 5.10 Å². The second kappa shape index (κ2) is 10.5. The maximum atomic E-state index is 13.9. The minimum absolute atomic E-state index is 0.0317. The maximum absolute atomic E-state index is 13.9. The van der Waals surface area contributed by atoms with E-state index in [1.165, 1.54) is 5.56 Å². The highest BCUT2D eigenvalue weighted by atomic mass is 16.4. The topological polar surface area (TPSA) is 88.3 Å². The van der Waals surface area contributed by atoms with Gasteiger partial charge in [-0.3, -0.25) is 9.59 Å². The smallest absolute Gasteiger partial charge is 0.304 e.